The van der Waals surface area contributed by atoms with Gasteiger partial charge in [0.25, 0.3) is 0 Å². The molecule has 0 radical (unpaired) electrons. The molecule has 1 aromatic rings. The molecule has 1 heteroatoms. The highest BCUT2D eigenvalue weighted by atomic mass is 32.2. The van der Waals surface area contributed by atoms with Gasteiger partial charge in [-0.05, 0) is 36.5 Å². The van der Waals surface area contributed by atoms with Crippen LogP contribution in [0.25, 0.3) is 0 Å². The van der Waals surface area contributed by atoms with E-state index in [-0.39, 0.29) is 0 Å². The maximum atomic E-state index is 2.26. The third kappa shape index (κ3) is 5.82. The molecular weight excluding hydrogens is 212 g/mol. The Bertz CT molecular complexity index is 336. The Hall–Kier alpha value is -0.950. The lowest BCUT2D eigenvalue weighted by Crippen LogP contribution is -1.70. The van der Waals surface area contributed by atoms with Crippen molar-refractivity contribution in [2.75, 3.05) is 0 Å². The van der Waals surface area contributed by atoms with Crippen LogP contribution in [-0.2, 0) is 0 Å². The van der Waals surface area contributed by atoms with Crippen molar-refractivity contribution in [3.8, 4) is 0 Å². The average Bonchev–Trinajstić information content (AvgIpc) is 2.33. The van der Waals surface area contributed by atoms with Gasteiger partial charge >= 0.3 is 0 Å². The maximum Gasteiger partial charge on any atom is 0.0116 e. The largest absolute Gasteiger partial charge is 0.0978 e. The van der Waals surface area contributed by atoms with E-state index in [1.165, 1.54) is 29.7 Å². The summed E-state index contributed by atoms with van der Waals surface area (Å²) >= 11 is 1.78. The number of unbranched alkanes of at least 4 members (excludes halogenated alkanes) is 2. The van der Waals surface area contributed by atoms with Crippen LogP contribution in [0.4, 0.5) is 0 Å². The summed E-state index contributed by atoms with van der Waals surface area (Å²) < 4.78 is 0. The zero-order valence-electron chi connectivity index (χ0n) is 10.1. The molecule has 0 saturated carbocycles. The van der Waals surface area contributed by atoms with Crippen molar-refractivity contribution in [1.82, 2.24) is 0 Å². The van der Waals surface area contributed by atoms with Crippen molar-refractivity contribution >= 4 is 11.8 Å². The van der Waals surface area contributed by atoms with E-state index in [1.807, 2.05) is 6.07 Å². The molecule has 0 heterocycles. The minimum atomic E-state index is 1.19. The van der Waals surface area contributed by atoms with Gasteiger partial charge in [-0.1, -0.05) is 61.9 Å². The molecule has 0 aliphatic rings. The van der Waals surface area contributed by atoms with Crippen molar-refractivity contribution in [3.63, 3.8) is 0 Å². The summed E-state index contributed by atoms with van der Waals surface area (Å²) in [7, 11) is 0. The van der Waals surface area contributed by atoms with E-state index in [9.17, 15) is 0 Å². The van der Waals surface area contributed by atoms with Crippen molar-refractivity contribution < 1.29 is 0 Å². The first-order valence-corrected chi connectivity index (χ1v) is 6.76. The van der Waals surface area contributed by atoms with Gasteiger partial charge in [0.2, 0.25) is 0 Å². The molecule has 0 amide bonds. The molecule has 0 atom stereocenters. The van der Waals surface area contributed by atoms with Gasteiger partial charge in [0.05, 0.1) is 0 Å². The Labute approximate surface area is 103 Å². The number of rotatable bonds is 6. The molecule has 0 saturated heterocycles. The van der Waals surface area contributed by atoms with Crippen LogP contribution in [0.5, 0.6) is 0 Å². The molecule has 0 aliphatic carbocycles. The fourth-order valence-electron chi connectivity index (χ4n) is 1.29. The van der Waals surface area contributed by atoms with Crippen molar-refractivity contribution in [2.24, 2.45) is 0 Å². The molecular formula is C15H20S. The molecule has 86 valence electrons. The lowest BCUT2D eigenvalue weighted by atomic mass is 10.2. The second-order valence-electron chi connectivity index (χ2n) is 3.84. The summed E-state index contributed by atoms with van der Waals surface area (Å²) in [5.74, 6) is 0. The topological polar surface area (TPSA) is 0 Å². The standard InChI is InChI=1S/C15H20S/c1-3-4-5-7-10-14(2)13-16-15-11-8-6-9-12-15/h6-13H,3-5H2,1-2H3/b10-7+,14-13+. The van der Waals surface area contributed by atoms with Crippen LogP contribution < -0.4 is 0 Å². The number of thioether (sulfide) groups is 1. The predicted octanol–water partition coefficient (Wildman–Crippen LogP) is 5.43. The van der Waals surface area contributed by atoms with Crippen LogP contribution in [0.1, 0.15) is 33.1 Å². The second-order valence-corrected chi connectivity index (χ2v) is 4.78. The molecule has 16 heavy (non-hydrogen) atoms. The minimum absolute atomic E-state index is 1.19. The highest BCUT2D eigenvalue weighted by Gasteiger charge is 1.88. The lowest BCUT2D eigenvalue weighted by Gasteiger charge is -1.96. The Morgan fingerprint density at radius 3 is 2.69 bits per heavy atom. The molecule has 0 unspecified atom stereocenters. The molecule has 0 N–H and O–H groups in total. The molecule has 0 aliphatic heterocycles. The molecule has 0 fully saturated rings. The van der Waals surface area contributed by atoms with E-state index in [2.05, 4.69) is 55.7 Å². The summed E-state index contributed by atoms with van der Waals surface area (Å²) in [4.78, 5) is 1.30. The van der Waals surface area contributed by atoms with Gasteiger partial charge in [-0.3, -0.25) is 0 Å². The van der Waals surface area contributed by atoms with Gasteiger partial charge in [0.1, 0.15) is 0 Å². The summed E-state index contributed by atoms with van der Waals surface area (Å²) in [6, 6.07) is 10.5. The van der Waals surface area contributed by atoms with Gasteiger partial charge in [0, 0.05) is 4.90 Å². The van der Waals surface area contributed by atoms with E-state index in [0.717, 1.165) is 0 Å². The molecule has 0 bridgehead atoms. The Balaban J connectivity index is 2.36. The SMILES string of the molecule is CCCC/C=C/C(C)=C/Sc1ccccc1. The number of allylic oxidation sites excluding steroid dienone is 3. The van der Waals surface area contributed by atoms with Crippen molar-refractivity contribution in [2.45, 2.75) is 38.0 Å². The summed E-state index contributed by atoms with van der Waals surface area (Å²) in [6.45, 7) is 4.38. The molecule has 1 rings (SSSR count). The van der Waals surface area contributed by atoms with Crippen LogP contribution in [0.2, 0.25) is 0 Å². The average molecular weight is 232 g/mol. The predicted molar refractivity (Wildman–Crippen MR) is 74.7 cm³/mol. The third-order valence-electron chi connectivity index (χ3n) is 2.23. The Kier molecular flexibility index (Phi) is 6.75. The fraction of sp³-hybridized carbons (Fsp3) is 0.333. The molecule has 0 nitrogen and oxygen atoms in total. The van der Waals surface area contributed by atoms with Crippen molar-refractivity contribution in [1.29, 1.82) is 0 Å². The Morgan fingerprint density at radius 1 is 1.25 bits per heavy atom. The first-order valence-electron chi connectivity index (χ1n) is 5.88. The zero-order chi connectivity index (χ0) is 11.6. The van der Waals surface area contributed by atoms with Gasteiger partial charge < -0.3 is 0 Å². The van der Waals surface area contributed by atoms with Gasteiger partial charge in [-0.25, -0.2) is 0 Å². The monoisotopic (exact) mass is 232 g/mol. The van der Waals surface area contributed by atoms with Crippen LogP contribution in [-0.4, -0.2) is 0 Å². The van der Waals surface area contributed by atoms with Gasteiger partial charge in [0.15, 0.2) is 0 Å². The second kappa shape index (κ2) is 8.23. The maximum absolute atomic E-state index is 2.26. The van der Waals surface area contributed by atoms with Gasteiger partial charge in [-0.2, -0.15) is 0 Å². The minimum Gasteiger partial charge on any atom is -0.0978 e. The number of benzene rings is 1. The van der Waals surface area contributed by atoms with E-state index in [0.29, 0.717) is 0 Å². The highest BCUT2D eigenvalue weighted by molar-refractivity contribution is 8.02. The number of hydrogen-bond donors (Lipinski definition) is 0. The quantitative estimate of drug-likeness (QED) is 0.358. The highest BCUT2D eigenvalue weighted by Crippen LogP contribution is 2.20. The van der Waals surface area contributed by atoms with Crippen LogP contribution in [0.15, 0.2) is 58.4 Å². The Morgan fingerprint density at radius 2 is 2.00 bits per heavy atom. The van der Waals surface area contributed by atoms with Crippen molar-refractivity contribution in [3.05, 3.63) is 53.5 Å². The summed E-state index contributed by atoms with van der Waals surface area (Å²) in [5, 5.41) is 2.21. The number of hydrogen-bond acceptors (Lipinski definition) is 1. The van der Waals surface area contributed by atoms with E-state index in [4.69, 9.17) is 0 Å². The zero-order valence-corrected chi connectivity index (χ0v) is 11.0. The first-order chi connectivity index (χ1) is 7.83. The van der Waals surface area contributed by atoms with E-state index in [1.54, 1.807) is 11.8 Å². The fourth-order valence-corrected chi connectivity index (χ4v) is 2.01. The molecule has 0 spiro atoms. The molecule has 1 aromatic carbocycles. The first kappa shape index (κ1) is 13.1. The van der Waals surface area contributed by atoms with Crippen LogP contribution in [0, 0.1) is 0 Å². The summed E-state index contributed by atoms with van der Waals surface area (Å²) in [6.07, 6.45) is 8.23. The normalized spacial score (nSPS) is 12.2. The lowest BCUT2D eigenvalue weighted by molar-refractivity contribution is 0.814. The van der Waals surface area contributed by atoms with Crippen LogP contribution >= 0.6 is 11.8 Å². The van der Waals surface area contributed by atoms with Gasteiger partial charge in [-0.15, -0.1) is 0 Å². The van der Waals surface area contributed by atoms with E-state index >= 15 is 0 Å². The van der Waals surface area contributed by atoms with Crippen LogP contribution in [0.3, 0.4) is 0 Å². The molecule has 0 aromatic heterocycles. The third-order valence-corrected chi connectivity index (χ3v) is 3.26. The smallest absolute Gasteiger partial charge is 0.0116 e. The van der Waals surface area contributed by atoms with E-state index < -0.39 is 0 Å². The summed E-state index contributed by atoms with van der Waals surface area (Å²) in [5.41, 5.74) is 1.32.